The number of rotatable bonds is 1. The van der Waals surface area contributed by atoms with Crippen LogP contribution >= 0.6 is 0 Å². The fraction of sp³-hybridized carbons (Fsp3) is 0.0625. The van der Waals surface area contributed by atoms with E-state index in [2.05, 4.69) is 4.98 Å². The molecule has 4 heteroatoms. The first-order chi connectivity index (χ1) is 9.54. The van der Waals surface area contributed by atoms with E-state index in [-0.39, 0.29) is 0 Å². The van der Waals surface area contributed by atoms with Crippen LogP contribution in [0.2, 0.25) is 0 Å². The number of hydrogen-bond donors (Lipinski definition) is 0. The summed E-state index contributed by atoms with van der Waals surface area (Å²) in [6.07, 6.45) is -2.61. The molecule has 2 aromatic carbocycles. The lowest BCUT2D eigenvalue weighted by Crippen LogP contribution is -2.03. The third kappa shape index (κ3) is 2.37. The lowest BCUT2D eigenvalue weighted by molar-refractivity contribution is -0.137. The number of benzene rings is 2. The third-order valence-corrected chi connectivity index (χ3v) is 3.15. The molecule has 100 valence electrons. The summed E-state index contributed by atoms with van der Waals surface area (Å²) >= 11 is 0. The first-order valence-corrected chi connectivity index (χ1v) is 6.06. The van der Waals surface area contributed by atoms with Crippen molar-refractivity contribution in [2.24, 2.45) is 0 Å². The molecule has 0 fully saturated rings. The number of nitrogens with zero attached hydrogens (tertiary/aromatic N) is 1. The average molecular weight is 273 g/mol. The number of halogens is 3. The van der Waals surface area contributed by atoms with E-state index in [9.17, 15) is 13.2 Å². The van der Waals surface area contributed by atoms with Crippen LogP contribution in [-0.4, -0.2) is 4.98 Å². The first-order valence-electron chi connectivity index (χ1n) is 6.06. The molecule has 20 heavy (non-hydrogen) atoms. The van der Waals surface area contributed by atoms with Crippen LogP contribution in [0.25, 0.3) is 22.0 Å². The summed E-state index contributed by atoms with van der Waals surface area (Å²) in [7, 11) is 0. The quantitative estimate of drug-likeness (QED) is 0.613. The number of hydrogen-bond acceptors (Lipinski definition) is 1. The zero-order chi connectivity index (χ0) is 14.2. The zero-order valence-electron chi connectivity index (χ0n) is 10.4. The minimum absolute atomic E-state index is 0.639. The second-order valence-corrected chi connectivity index (χ2v) is 4.49. The van der Waals surface area contributed by atoms with Gasteiger partial charge in [-0.05, 0) is 35.4 Å². The molecule has 0 aliphatic carbocycles. The van der Waals surface area contributed by atoms with Crippen molar-refractivity contribution in [3.8, 4) is 11.1 Å². The molecule has 0 bridgehead atoms. The molecular formula is C16H10F3N. The monoisotopic (exact) mass is 273 g/mol. The van der Waals surface area contributed by atoms with Gasteiger partial charge in [0.25, 0.3) is 0 Å². The Morgan fingerprint density at radius 2 is 1.50 bits per heavy atom. The Hall–Kier alpha value is -2.36. The number of alkyl halides is 3. The fourth-order valence-corrected chi connectivity index (χ4v) is 2.10. The van der Waals surface area contributed by atoms with Gasteiger partial charge in [-0.15, -0.1) is 0 Å². The van der Waals surface area contributed by atoms with Gasteiger partial charge in [0.05, 0.1) is 11.1 Å². The Kier molecular flexibility index (Phi) is 2.93. The van der Waals surface area contributed by atoms with Crippen LogP contribution in [-0.2, 0) is 6.18 Å². The Balaban J connectivity index is 2.02. The maximum Gasteiger partial charge on any atom is 0.416 e. The molecule has 0 spiro atoms. The van der Waals surface area contributed by atoms with Crippen molar-refractivity contribution in [1.29, 1.82) is 0 Å². The van der Waals surface area contributed by atoms with Gasteiger partial charge in [0.15, 0.2) is 0 Å². The van der Waals surface area contributed by atoms with Gasteiger partial charge in [0.2, 0.25) is 0 Å². The predicted octanol–water partition coefficient (Wildman–Crippen LogP) is 4.92. The largest absolute Gasteiger partial charge is 0.416 e. The molecule has 0 saturated heterocycles. The second-order valence-electron chi connectivity index (χ2n) is 4.49. The molecule has 0 atom stereocenters. The molecule has 3 aromatic rings. The third-order valence-electron chi connectivity index (χ3n) is 3.15. The first kappa shape index (κ1) is 12.7. The average Bonchev–Trinajstić information content (AvgIpc) is 2.46. The summed E-state index contributed by atoms with van der Waals surface area (Å²) in [6, 6.07) is 14.6. The van der Waals surface area contributed by atoms with Crippen molar-refractivity contribution in [1.82, 2.24) is 4.98 Å². The fourth-order valence-electron chi connectivity index (χ4n) is 2.10. The van der Waals surface area contributed by atoms with Crippen molar-refractivity contribution >= 4 is 10.9 Å². The molecule has 0 unspecified atom stereocenters. The van der Waals surface area contributed by atoms with Crippen molar-refractivity contribution < 1.29 is 13.2 Å². The van der Waals surface area contributed by atoms with E-state index < -0.39 is 11.7 Å². The number of aromatic nitrogens is 1. The molecule has 3 rings (SSSR count). The predicted molar refractivity (Wildman–Crippen MR) is 72.2 cm³/mol. The molecule has 0 aliphatic heterocycles. The minimum Gasteiger partial charge on any atom is -0.256 e. The van der Waals surface area contributed by atoms with Crippen LogP contribution in [0.1, 0.15) is 5.56 Å². The molecular weight excluding hydrogens is 263 g/mol. The number of pyridine rings is 1. The Morgan fingerprint density at radius 1 is 0.800 bits per heavy atom. The van der Waals surface area contributed by atoms with Gasteiger partial charge in [-0.3, -0.25) is 4.98 Å². The summed E-state index contributed by atoms with van der Waals surface area (Å²) in [5, 5.41) is 1.00. The van der Waals surface area contributed by atoms with E-state index in [1.165, 1.54) is 12.1 Å². The van der Waals surface area contributed by atoms with E-state index in [0.717, 1.165) is 34.2 Å². The highest BCUT2D eigenvalue weighted by atomic mass is 19.4. The van der Waals surface area contributed by atoms with E-state index in [1.54, 1.807) is 6.20 Å². The van der Waals surface area contributed by atoms with E-state index >= 15 is 0 Å². The molecule has 0 amide bonds. The Bertz CT molecular complexity index is 746. The van der Waals surface area contributed by atoms with Crippen molar-refractivity contribution in [3.05, 3.63) is 66.4 Å². The highest BCUT2D eigenvalue weighted by molar-refractivity contribution is 5.84. The molecule has 0 radical (unpaired) electrons. The standard InChI is InChI=1S/C16H10F3N/c17-16(18,19)14-7-5-11(6-8-14)13-4-3-12-2-1-9-20-15(12)10-13/h1-10H. The second kappa shape index (κ2) is 4.63. The maximum atomic E-state index is 12.5. The van der Waals surface area contributed by atoms with E-state index in [4.69, 9.17) is 0 Å². The van der Waals surface area contributed by atoms with Crippen molar-refractivity contribution in [3.63, 3.8) is 0 Å². The van der Waals surface area contributed by atoms with Gasteiger partial charge in [-0.2, -0.15) is 13.2 Å². The van der Waals surface area contributed by atoms with Gasteiger partial charge in [0.1, 0.15) is 0 Å². The van der Waals surface area contributed by atoms with Crippen LogP contribution in [0.4, 0.5) is 13.2 Å². The summed E-state index contributed by atoms with van der Waals surface area (Å²) in [6.45, 7) is 0. The highest BCUT2D eigenvalue weighted by Crippen LogP contribution is 2.31. The minimum atomic E-state index is -4.30. The highest BCUT2D eigenvalue weighted by Gasteiger charge is 2.29. The van der Waals surface area contributed by atoms with Crippen molar-refractivity contribution in [2.45, 2.75) is 6.18 Å². The van der Waals surface area contributed by atoms with E-state index in [1.807, 2.05) is 30.3 Å². The van der Waals surface area contributed by atoms with Crippen LogP contribution < -0.4 is 0 Å². The van der Waals surface area contributed by atoms with Gasteiger partial charge in [-0.1, -0.05) is 30.3 Å². The molecule has 0 N–H and O–H groups in total. The van der Waals surface area contributed by atoms with Crippen molar-refractivity contribution in [2.75, 3.05) is 0 Å². The van der Waals surface area contributed by atoms with E-state index in [0.29, 0.717) is 0 Å². The molecule has 0 aliphatic rings. The SMILES string of the molecule is FC(F)(F)c1ccc(-c2ccc3cccnc3c2)cc1. The summed E-state index contributed by atoms with van der Waals surface area (Å²) in [4.78, 5) is 4.24. The summed E-state index contributed by atoms with van der Waals surface area (Å²) in [5.74, 6) is 0. The number of fused-ring (bicyclic) bond motifs is 1. The van der Waals surface area contributed by atoms with Crippen LogP contribution in [0.3, 0.4) is 0 Å². The summed E-state index contributed by atoms with van der Waals surface area (Å²) < 4.78 is 37.6. The zero-order valence-corrected chi connectivity index (χ0v) is 10.4. The lowest BCUT2D eigenvalue weighted by atomic mass is 10.0. The van der Waals surface area contributed by atoms with Crippen LogP contribution in [0.15, 0.2) is 60.8 Å². The van der Waals surface area contributed by atoms with Gasteiger partial charge < -0.3 is 0 Å². The Labute approximate surface area is 113 Å². The van der Waals surface area contributed by atoms with Gasteiger partial charge >= 0.3 is 6.18 Å². The van der Waals surface area contributed by atoms with Crippen LogP contribution in [0.5, 0.6) is 0 Å². The normalized spacial score (nSPS) is 11.8. The molecule has 1 aromatic heterocycles. The van der Waals surface area contributed by atoms with Gasteiger partial charge in [-0.25, -0.2) is 0 Å². The smallest absolute Gasteiger partial charge is 0.256 e. The topological polar surface area (TPSA) is 12.9 Å². The van der Waals surface area contributed by atoms with Gasteiger partial charge in [0, 0.05) is 11.6 Å². The maximum absolute atomic E-state index is 12.5. The molecule has 1 heterocycles. The van der Waals surface area contributed by atoms with Crippen LogP contribution in [0, 0.1) is 0 Å². The molecule has 1 nitrogen and oxygen atoms in total. The Morgan fingerprint density at radius 3 is 2.20 bits per heavy atom. The lowest BCUT2D eigenvalue weighted by Gasteiger charge is -2.08. The summed E-state index contributed by atoms with van der Waals surface area (Å²) in [5.41, 5.74) is 1.78. The molecule has 0 saturated carbocycles.